The number of carbonyl (C=O) groups excluding carboxylic acids is 1. The minimum atomic E-state index is -0.679. The van der Waals surface area contributed by atoms with Crippen molar-refractivity contribution in [2.45, 2.75) is 4.34 Å². The number of rotatable bonds is 5. The Hall–Kier alpha value is -2.17. The first kappa shape index (κ1) is 15.7. The molecule has 0 radical (unpaired) electrons. The summed E-state index contributed by atoms with van der Waals surface area (Å²) in [4.78, 5) is 25.2. The van der Waals surface area contributed by atoms with Crippen LogP contribution in [-0.4, -0.2) is 28.8 Å². The zero-order chi connectivity index (χ0) is 16.2. The number of hydrogen-bond acceptors (Lipinski definition) is 10. The van der Waals surface area contributed by atoms with E-state index in [9.17, 15) is 4.79 Å². The molecule has 0 amide bonds. The van der Waals surface area contributed by atoms with Crippen molar-refractivity contribution in [2.75, 3.05) is 12.8 Å². The second-order valence-electron chi connectivity index (χ2n) is 4.10. The summed E-state index contributed by atoms with van der Waals surface area (Å²) in [5.74, 6) is -0.679. The second-order valence-corrected chi connectivity index (χ2v) is 6.99. The summed E-state index contributed by atoms with van der Waals surface area (Å²) in [5, 5.41) is 5.60. The van der Waals surface area contributed by atoms with E-state index >= 15 is 0 Å². The van der Waals surface area contributed by atoms with Crippen LogP contribution in [0, 0.1) is 0 Å². The first-order valence-electron chi connectivity index (χ1n) is 6.24. The third-order valence-corrected chi connectivity index (χ3v) is 5.03. The molecule has 0 spiro atoms. The van der Waals surface area contributed by atoms with Crippen LogP contribution in [0.25, 0.3) is 10.2 Å². The Kier molecular flexibility index (Phi) is 4.74. The molecule has 1 aromatic carbocycles. The number of fused-ring (bicyclic) bond motifs is 1. The summed E-state index contributed by atoms with van der Waals surface area (Å²) < 4.78 is 6.81. The quantitative estimate of drug-likeness (QED) is 0.421. The number of nitrogen functional groups attached to an aromatic ring is 1. The molecule has 10 heteroatoms. The standard InChI is InChI=1S/C13H10N4O3S3/c1-19-17-10(8-6-21-12(14)15-8)11(18)20-23-13-16-7-4-2-3-5-9(7)22-13/h2-6H,1H3,(H2,14,15)/b17-10+. The first-order valence-corrected chi connectivity index (χ1v) is 8.68. The van der Waals surface area contributed by atoms with Crippen molar-refractivity contribution in [2.24, 2.45) is 5.16 Å². The number of thiazole rings is 2. The van der Waals surface area contributed by atoms with Gasteiger partial charge >= 0.3 is 5.97 Å². The van der Waals surface area contributed by atoms with E-state index in [4.69, 9.17) is 9.92 Å². The predicted octanol–water partition coefficient (Wildman–Crippen LogP) is 2.94. The molecule has 2 aromatic heterocycles. The van der Waals surface area contributed by atoms with Gasteiger partial charge in [-0.25, -0.2) is 14.8 Å². The third-order valence-electron chi connectivity index (χ3n) is 2.60. The topological polar surface area (TPSA) is 99.7 Å². The number of anilines is 1. The van der Waals surface area contributed by atoms with E-state index in [1.165, 1.54) is 29.8 Å². The van der Waals surface area contributed by atoms with E-state index in [1.54, 1.807) is 5.38 Å². The Labute approximate surface area is 143 Å². The summed E-state index contributed by atoms with van der Waals surface area (Å²) >= 11 is 3.51. The molecule has 7 nitrogen and oxygen atoms in total. The smallest absolute Gasteiger partial charge is 0.375 e. The van der Waals surface area contributed by atoms with Crippen LogP contribution >= 0.6 is 34.7 Å². The van der Waals surface area contributed by atoms with Gasteiger partial charge in [0.05, 0.1) is 10.2 Å². The molecule has 0 unspecified atom stereocenters. The molecule has 23 heavy (non-hydrogen) atoms. The Balaban J connectivity index is 1.73. The summed E-state index contributed by atoms with van der Waals surface area (Å²) in [5.41, 5.74) is 6.68. The van der Waals surface area contributed by atoms with Crippen LogP contribution in [0.5, 0.6) is 0 Å². The lowest BCUT2D eigenvalue weighted by molar-refractivity contribution is -0.125. The molecule has 0 fully saturated rings. The van der Waals surface area contributed by atoms with E-state index < -0.39 is 5.97 Å². The molecular formula is C13H10N4O3S3. The maximum atomic E-state index is 12.2. The van der Waals surface area contributed by atoms with Crippen LogP contribution in [0.1, 0.15) is 5.69 Å². The monoisotopic (exact) mass is 366 g/mol. The fourth-order valence-electron chi connectivity index (χ4n) is 1.68. The number of oxime groups is 1. The van der Waals surface area contributed by atoms with Crippen LogP contribution in [-0.2, 0) is 13.8 Å². The van der Waals surface area contributed by atoms with E-state index in [2.05, 4.69) is 20.0 Å². The number of nitrogens with zero attached hydrogens (tertiary/aromatic N) is 3. The lowest BCUT2D eigenvalue weighted by Gasteiger charge is -2.01. The van der Waals surface area contributed by atoms with E-state index in [-0.39, 0.29) is 5.71 Å². The van der Waals surface area contributed by atoms with Gasteiger partial charge in [0.15, 0.2) is 9.47 Å². The molecule has 0 bridgehead atoms. The average molecular weight is 366 g/mol. The first-order chi connectivity index (χ1) is 11.2. The van der Waals surface area contributed by atoms with Crippen LogP contribution in [0.3, 0.4) is 0 Å². The van der Waals surface area contributed by atoms with Gasteiger partial charge in [0.2, 0.25) is 5.71 Å². The third kappa shape index (κ3) is 3.60. The highest BCUT2D eigenvalue weighted by atomic mass is 32.2. The highest BCUT2D eigenvalue weighted by Crippen LogP contribution is 2.30. The predicted molar refractivity (Wildman–Crippen MR) is 91.6 cm³/mol. The minimum absolute atomic E-state index is 0.0472. The normalized spacial score (nSPS) is 11.6. The van der Waals surface area contributed by atoms with Gasteiger partial charge in [-0.1, -0.05) is 17.3 Å². The molecule has 0 saturated carbocycles. The maximum absolute atomic E-state index is 12.2. The number of carbonyl (C=O) groups is 1. The van der Waals surface area contributed by atoms with Gasteiger partial charge in [0.25, 0.3) is 0 Å². The van der Waals surface area contributed by atoms with Crippen molar-refractivity contribution in [3.63, 3.8) is 0 Å². The van der Waals surface area contributed by atoms with E-state index in [0.29, 0.717) is 15.2 Å². The molecule has 0 aliphatic rings. The number of nitrogens with two attached hydrogens (primary N) is 1. The van der Waals surface area contributed by atoms with Gasteiger partial charge in [-0.2, -0.15) is 0 Å². The van der Waals surface area contributed by atoms with Crippen molar-refractivity contribution < 1.29 is 13.8 Å². The molecule has 0 aliphatic carbocycles. The Morgan fingerprint density at radius 1 is 1.35 bits per heavy atom. The molecule has 3 aromatic rings. The number of para-hydroxylation sites is 1. The van der Waals surface area contributed by atoms with Crippen molar-refractivity contribution in [3.05, 3.63) is 35.3 Å². The fourth-order valence-corrected chi connectivity index (χ4v) is 3.79. The molecule has 2 heterocycles. The van der Waals surface area contributed by atoms with Crippen LogP contribution < -0.4 is 5.73 Å². The van der Waals surface area contributed by atoms with Gasteiger partial charge in [-0.05, 0) is 12.1 Å². The lowest BCUT2D eigenvalue weighted by Crippen LogP contribution is -2.17. The maximum Gasteiger partial charge on any atom is 0.375 e. The molecule has 2 N–H and O–H groups in total. The van der Waals surface area contributed by atoms with Gasteiger partial charge in [-0.15, -0.1) is 22.7 Å². The second kappa shape index (κ2) is 6.94. The summed E-state index contributed by atoms with van der Waals surface area (Å²) in [6.07, 6.45) is 0. The number of benzene rings is 1. The molecule has 118 valence electrons. The van der Waals surface area contributed by atoms with Crippen molar-refractivity contribution >= 4 is 61.7 Å². The van der Waals surface area contributed by atoms with Crippen molar-refractivity contribution in [1.82, 2.24) is 9.97 Å². The molecular weight excluding hydrogens is 356 g/mol. The number of hydrogen-bond donors (Lipinski definition) is 1. The molecule has 3 rings (SSSR count). The van der Waals surface area contributed by atoms with Gasteiger partial charge in [0.1, 0.15) is 24.8 Å². The Morgan fingerprint density at radius 2 is 2.17 bits per heavy atom. The van der Waals surface area contributed by atoms with Gasteiger partial charge in [0, 0.05) is 5.38 Å². The Bertz CT molecular complexity index is 841. The summed E-state index contributed by atoms with van der Waals surface area (Å²) in [6, 6.07) is 7.68. The molecule has 0 aliphatic heterocycles. The lowest BCUT2D eigenvalue weighted by atomic mass is 10.3. The zero-order valence-electron chi connectivity index (χ0n) is 11.8. The molecule has 0 saturated heterocycles. The highest BCUT2D eigenvalue weighted by molar-refractivity contribution is 7.97. The largest absolute Gasteiger partial charge is 0.398 e. The summed E-state index contributed by atoms with van der Waals surface area (Å²) in [7, 11) is 1.34. The zero-order valence-corrected chi connectivity index (χ0v) is 14.2. The van der Waals surface area contributed by atoms with Crippen LogP contribution in [0.2, 0.25) is 0 Å². The van der Waals surface area contributed by atoms with E-state index in [0.717, 1.165) is 22.3 Å². The Morgan fingerprint density at radius 3 is 2.87 bits per heavy atom. The van der Waals surface area contributed by atoms with Crippen molar-refractivity contribution in [3.8, 4) is 0 Å². The average Bonchev–Trinajstić information content (AvgIpc) is 3.15. The van der Waals surface area contributed by atoms with Crippen LogP contribution in [0.15, 0.2) is 39.1 Å². The van der Waals surface area contributed by atoms with Crippen LogP contribution in [0.4, 0.5) is 5.13 Å². The molecule has 0 atom stereocenters. The van der Waals surface area contributed by atoms with Gasteiger partial charge < -0.3 is 14.8 Å². The van der Waals surface area contributed by atoms with Crippen molar-refractivity contribution in [1.29, 1.82) is 0 Å². The SMILES string of the molecule is CO/N=C(/C(=O)OSc1nc2ccccc2s1)c1csc(N)n1. The highest BCUT2D eigenvalue weighted by Gasteiger charge is 2.21. The minimum Gasteiger partial charge on any atom is -0.398 e. The van der Waals surface area contributed by atoms with E-state index in [1.807, 2.05) is 24.3 Å². The summed E-state index contributed by atoms with van der Waals surface area (Å²) in [6.45, 7) is 0. The number of aromatic nitrogens is 2. The van der Waals surface area contributed by atoms with Gasteiger partial charge in [-0.3, -0.25) is 0 Å². The fraction of sp³-hybridized carbons (Fsp3) is 0.0769.